The Kier molecular flexibility index (Phi) is 4.15. The predicted octanol–water partition coefficient (Wildman–Crippen LogP) is 0.675. The largest absolute Gasteiger partial charge is 0.481 e. The van der Waals surface area contributed by atoms with Gasteiger partial charge < -0.3 is 9.67 Å². The van der Waals surface area contributed by atoms with Crippen molar-refractivity contribution in [2.45, 2.75) is 31.6 Å². The highest BCUT2D eigenvalue weighted by molar-refractivity contribution is 7.99. The minimum atomic E-state index is -0.874. The summed E-state index contributed by atoms with van der Waals surface area (Å²) in [5.74, 6) is -0.178. The van der Waals surface area contributed by atoms with Crippen LogP contribution in [0.1, 0.15) is 25.7 Å². The monoisotopic (exact) mass is 282 g/mol. The molecule has 0 aliphatic carbocycles. The molecule has 2 aromatic heterocycles. The van der Waals surface area contributed by atoms with Gasteiger partial charge in [-0.3, -0.25) is 4.79 Å². The lowest BCUT2D eigenvalue weighted by molar-refractivity contribution is -0.133. The van der Waals surface area contributed by atoms with Crippen molar-refractivity contribution in [1.29, 1.82) is 0 Å². The molecule has 0 radical (unpaired) electrons. The van der Waals surface area contributed by atoms with Crippen LogP contribution in [-0.4, -0.2) is 46.4 Å². The Morgan fingerprint density at radius 2 is 2.26 bits per heavy atom. The molecule has 1 N–H and O–H groups in total. The lowest BCUT2D eigenvalue weighted by Crippen LogP contribution is -2.12. The zero-order valence-corrected chi connectivity index (χ0v) is 11.4. The van der Waals surface area contributed by atoms with Crippen LogP contribution in [-0.2, 0) is 11.3 Å². The van der Waals surface area contributed by atoms with Crippen molar-refractivity contribution in [3.63, 3.8) is 0 Å². The van der Waals surface area contributed by atoms with Crippen LogP contribution in [0, 0.1) is 0 Å². The van der Waals surface area contributed by atoms with E-state index in [2.05, 4.69) is 20.3 Å². The third-order valence-electron chi connectivity index (χ3n) is 2.35. The molecule has 0 aromatic carbocycles. The standard InChI is InChI=1S/C10H14N6O2S/c1-7(2)16-8(3-15-6-11-5-12-15)13-14-10(16)19-4-9(17)18/h5-7H,3-4H2,1-2H3,(H,17,18). The molecule has 9 heteroatoms. The second-order valence-corrected chi connectivity index (χ2v) is 5.08. The van der Waals surface area contributed by atoms with Crippen LogP contribution in [0.15, 0.2) is 17.8 Å². The molecule has 0 aliphatic rings. The number of thioether (sulfide) groups is 1. The van der Waals surface area contributed by atoms with Gasteiger partial charge >= 0.3 is 5.97 Å². The van der Waals surface area contributed by atoms with E-state index in [1.807, 2.05) is 18.4 Å². The van der Waals surface area contributed by atoms with Gasteiger partial charge in [-0.05, 0) is 13.8 Å². The molecular formula is C10H14N6O2S. The molecule has 2 rings (SSSR count). The number of carbonyl (C=O) groups is 1. The van der Waals surface area contributed by atoms with Gasteiger partial charge in [-0.2, -0.15) is 5.10 Å². The maximum atomic E-state index is 10.6. The van der Waals surface area contributed by atoms with Crippen LogP contribution in [0.3, 0.4) is 0 Å². The summed E-state index contributed by atoms with van der Waals surface area (Å²) >= 11 is 1.16. The first-order valence-electron chi connectivity index (χ1n) is 5.68. The summed E-state index contributed by atoms with van der Waals surface area (Å²) in [5, 5.41) is 21.5. The summed E-state index contributed by atoms with van der Waals surface area (Å²) in [4.78, 5) is 14.5. The zero-order chi connectivity index (χ0) is 13.8. The molecule has 0 aliphatic heterocycles. The van der Waals surface area contributed by atoms with Crippen molar-refractivity contribution >= 4 is 17.7 Å². The minimum Gasteiger partial charge on any atom is -0.481 e. The van der Waals surface area contributed by atoms with E-state index in [4.69, 9.17) is 5.11 Å². The Hall–Kier alpha value is -1.90. The van der Waals surface area contributed by atoms with Gasteiger partial charge in [0.05, 0.1) is 5.75 Å². The lowest BCUT2D eigenvalue weighted by atomic mass is 10.4. The molecule has 0 amide bonds. The first kappa shape index (κ1) is 13.5. The van der Waals surface area contributed by atoms with Crippen LogP contribution < -0.4 is 0 Å². The van der Waals surface area contributed by atoms with E-state index >= 15 is 0 Å². The van der Waals surface area contributed by atoms with E-state index in [1.165, 1.54) is 6.33 Å². The third kappa shape index (κ3) is 3.31. The molecule has 0 unspecified atom stereocenters. The van der Waals surface area contributed by atoms with Gasteiger partial charge in [0.25, 0.3) is 0 Å². The van der Waals surface area contributed by atoms with E-state index in [0.29, 0.717) is 11.7 Å². The summed E-state index contributed by atoms with van der Waals surface area (Å²) < 4.78 is 3.56. The maximum absolute atomic E-state index is 10.6. The summed E-state index contributed by atoms with van der Waals surface area (Å²) in [6, 6.07) is 0.143. The molecule has 19 heavy (non-hydrogen) atoms. The van der Waals surface area contributed by atoms with Gasteiger partial charge in [-0.25, -0.2) is 9.67 Å². The van der Waals surface area contributed by atoms with Crippen molar-refractivity contribution in [3.05, 3.63) is 18.5 Å². The highest BCUT2D eigenvalue weighted by Crippen LogP contribution is 2.21. The number of hydrogen-bond donors (Lipinski definition) is 1. The van der Waals surface area contributed by atoms with Crippen LogP contribution in [0.2, 0.25) is 0 Å². The SMILES string of the molecule is CC(C)n1c(Cn2cncn2)nnc1SCC(=O)O. The van der Waals surface area contributed by atoms with Crippen molar-refractivity contribution in [3.8, 4) is 0 Å². The van der Waals surface area contributed by atoms with Crippen LogP contribution in [0.25, 0.3) is 0 Å². The first-order valence-corrected chi connectivity index (χ1v) is 6.67. The Morgan fingerprint density at radius 3 is 2.84 bits per heavy atom. The van der Waals surface area contributed by atoms with Gasteiger partial charge in [0.15, 0.2) is 11.0 Å². The van der Waals surface area contributed by atoms with E-state index < -0.39 is 5.97 Å². The van der Waals surface area contributed by atoms with E-state index in [9.17, 15) is 4.79 Å². The minimum absolute atomic E-state index is 0.0336. The summed E-state index contributed by atoms with van der Waals surface area (Å²) in [7, 11) is 0. The van der Waals surface area contributed by atoms with Crippen molar-refractivity contribution in [2.75, 3.05) is 5.75 Å². The normalized spacial score (nSPS) is 11.1. The second-order valence-electron chi connectivity index (χ2n) is 4.14. The van der Waals surface area contributed by atoms with Crippen molar-refractivity contribution in [2.24, 2.45) is 0 Å². The fourth-order valence-electron chi connectivity index (χ4n) is 1.62. The Labute approximate surface area is 113 Å². The summed E-state index contributed by atoms with van der Waals surface area (Å²) in [5.41, 5.74) is 0. The quantitative estimate of drug-likeness (QED) is 0.777. The van der Waals surface area contributed by atoms with Crippen molar-refractivity contribution in [1.82, 2.24) is 29.5 Å². The number of aromatic nitrogens is 6. The molecule has 2 heterocycles. The highest BCUT2D eigenvalue weighted by atomic mass is 32.2. The molecule has 0 spiro atoms. The van der Waals surface area contributed by atoms with E-state index in [-0.39, 0.29) is 11.8 Å². The van der Waals surface area contributed by atoms with Gasteiger partial charge in [0.2, 0.25) is 0 Å². The smallest absolute Gasteiger partial charge is 0.313 e. The van der Waals surface area contributed by atoms with Gasteiger partial charge in [0, 0.05) is 6.04 Å². The van der Waals surface area contributed by atoms with E-state index in [0.717, 1.165) is 17.6 Å². The van der Waals surface area contributed by atoms with Gasteiger partial charge in [-0.15, -0.1) is 10.2 Å². The Balaban J connectivity index is 2.21. The van der Waals surface area contributed by atoms with Crippen molar-refractivity contribution < 1.29 is 9.90 Å². The first-order chi connectivity index (χ1) is 9.08. The number of carboxylic acid groups (broad SMARTS) is 1. The topological polar surface area (TPSA) is 98.7 Å². The Morgan fingerprint density at radius 1 is 1.47 bits per heavy atom. The number of carboxylic acids is 1. The molecule has 0 saturated carbocycles. The number of aliphatic carboxylic acids is 1. The second kappa shape index (κ2) is 5.83. The average Bonchev–Trinajstić information content (AvgIpc) is 2.96. The molecular weight excluding hydrogens is 268 g/mol. The molecule has 0 bridgehead atoms. The molecule has 2 aromatic rings. The predicted molar refractivity (Wildman–Crippen MR) is 67.9 cm³/mol. The molecule has 8 nitrogen and oxygen atoms in total. The van der Waals surface area contributed by atoms with E-state index in [1.54, 1.807) is 11.0 Å². The lowest BCUT2D eigenvalue weighted by Gasteiger charge is -2.13. The Bertz CT molecular complexity index is 550. The number of hydrogen-bond acceptors (Lipinski definition) is 6. The fourth-order valence-corrected chi connectivity index (χ4v) is 2.42. The number of rotatable bonds is 6. The van der Waals surface area contributed by atoms with Gasteiger partial charge in [0.1, 0.15) is 19.2 Å². The average molecular weight is 282 g/mol. The highest BCUT2D eigenvalue weighted by Gasteiger charge is 2.16. The third-order valence-corrected chi connectivity index (χ3v) is 3.27. The zero-order valence-electron chi connectivity index (χ0n) is 10.6. The fraction of sp³-hybridized carbons (Fsp3) is 0.500. The van der Waals surface area contributed by atoms with Gasteiger partial charge in [-0.1, -0.05) is 11.8 Å². The molecule has 0 fully saturated rings. The van der Waals surface area contributed by atoms with Crippen LogP contribution in [0.4, 0.5) is 0 Å². The number of nitrogens with zero attached hydrogens (tertiary/aromatic N) is 6. The van der Waals surface area contributed by atoms with Crippen LogP contribution in [0.5, 0.6) is 0 Å². The molecule has 102 valence electrons. The molecule has 0 saturated heterocycles. The summed E-state index contributed by atoms with van der Waals surface area (Å²) in [6.07, 6.45) is 3.06. The maximum Gasteiger partial charge on any atom is 0.313 e. The summed E-state index contributed by atoms with van der Waals surface area (Å²) in [6.45, 7) is 4.46. The molecule has 0 atom stereocenters. The van der Waals surface area contributed by atoms with Crippen LogP contribution >= 0.6 is 11.8 Å².